The zero-order valence-corrected chi connectivity index (χ0v) is 8.88. The van der Waals surface area contributed by atoms with Crippen molar-refractivity contribution in [1.29, 1.82) is 0 Å². The van der Waals surface area contributed by atoms with Crippen molar-refractivity contribution in [3.8, 4) is 0 Å². The summed E-state index contributed by atoms with van der Waals surface area (Å²) < 4.78 is 5.24. The largest absolute Gasteiger partial charge is 0.373 e. The SMILES string of the molecule is C=C1COCCN1/C(=C\CC)C(C)=O. The van der Waals surface area contributed by atoms with Gasteiger partial charge < -0.3 is 9.64 Å². The van der Waals surface area contributed by atoms with Gasteiger partial charge in [-0.1, -0.05) is 19.6 Å². The van der Waals surface area contributed by atoms with E-state index in [1.54, 1.807) is 6.92 Å². The van der Waals surface area contributed by atoms with E-state index in [4.69, 9.17) is 4.74 Å². The molecule has 0 bridgehead atoms. The van der Waals surface area contributed by atoms with E-state index < -0.39 is 0 Å². The summed E-state index contributed by atoms with van der Waals surface area (Å²) in [6, 6.07) is 0. The van der Waals surface area contributed by atoms with Crippen LogP contribution in [0, 0.1) is 0 Å². The fraction of sp³-hybridized carbons (Fsp3) is 0.545. The Balaban J connectivity index is 2.81. The van der Waals surface area contributed by atoms with Gasteiger partial charge in [0.1, 0.15) is 0 Å². The molecule has 1 saturated heterocycles. The maximum Gasteiger partial charge on any atom is 0.175 e. The second-order valence-corrected chi connectivity index (χ2v) is 3.32. The van der Waals surface area contributed by atoms with Crippen LogP contribution in [0.5, 0.6) is 0 Å². The molecule has 3 heteroatoms. The average molecular weight is 195 g/mol. The third-order valence-corrected chi connectivity index (χ3v) is 2.16. The molecule has 0 spiro atoms. The third kappa shape index (κ3) is 2.45. The van der Waals surface area contributed by atoms with Crippen molar-refractivity contribution < 1.29 is 9.53 Å². The molecule has 0 saturated carbocycles. The van der Waals surface area contributed by atoms with E-state index in [1.165, 1.54) is 0 Å². The number of rotatable bonds is 3. The highest BCUT2D eigenvalue weighted by Crippen LogP contribution is 2.16. The molecule has 0 aromatic rings. The molecule has 0 aliphatic carbocycles. The van der Waals surface area contributed by atoms with Crippen LogP contribution in [0.4, 0.5) is 0 Å². The number of carbonyl (C=O) groups is 1. The molecule has 1 aliphatic rings. The zero-order valence-electron chi connectivity index (χ0n) is 8.88. The van der Waals surface area contributed by atoms with Crippen LogP contribution in [0.25, 0.3) is 0 Å². The minimum absolute atomic E-state index is 0.0925. The van der Waals surface area contributed by atoms with Crippen LogP contribution in [0.15, 0.2) is 24.0 Å². The van der Waals surface area contributed by atoms with E-state index in [0.29, 0.717) is 13.2 Å². The van der Waals surface area contributed by atoms with Crippen LogP contribution < -0.4 is 0 Å². The smallest absolute Gasteiger partial charge is 0.175 e. The number of morpholine rings is 1. The third-order valence-electron chi connectivity index (χ3n) is 2.16. The molecule has 3 nitrogen and oxygen atoms in total. The van der Waals surface area contributed by atoms with Crippen molar-refractivity contribution in [3.05, 3.63) is 24.0 Å². The van der Waals surface area contributed by atoms with Crippen LogP contribution in [0.3, 0.4) is 0 Å². The summed E-state index contributed by atoms with van der Waals surface area (Å²) in [6.45, 7) is 9.41. The fourth-order valence-corrected chi connectivity index (χ4v) is 1.51. The molecular formula is C11H17NO2. The van der Waals surface area contributed by atoms with E-state index in [2.05, 4.69) is 6.58 Å². The Morgan fingerprint density at radius 3 is 2.93 bits per heavy atom. The summed E-state index contributed by atoms with van der Waals surface area (Å²) in [7, 11) is 0. The van der Waals surface area contributed by atoms with Gasteiger partial charge in [0, 0.05) is 19.2 Å². The van der Waals surface area contributed by atoms with E-state index in [1.807, 2.05) is 17.9 Å². The Kier molecular flexibility index (Phi) is 3.89. The average Bonchev–Trinajstić information content (AvgIpc) is 2.15. The van der Waals surface area contributed by atoms with Crippen LogP contribution >= 0.6 is 0 Å². The minimum Gasteiger partial charge on any atom is -0.373 e. The molecule has 1 heterocycles. The maximum absolute atomic E-state index is 11.4. The molecule has 0 radical (unpaired) electrons. The molecule has 0 aromatic heterocycles. The van der Waals surface area contributed by atoms with Gasteiger partial charge in [-0.2, -0.15) is 0 Å². The Hall–Kier alpha value is -1.09. The van der Waals surface area contributed by atoms with Gasteiger partial charge in [0.25, 0.3) is 0 Å². The molecule has 0 unspecified atom stereocenters. The summed E-state index contributed by atoms with van der Waals surface area (Å²) in [4.78, 5) is 13.3. The molecule has 1 aliphatic heterocycles. The number of Topliss-reactive ketones (excluding diaryl/α,β-unsaturated/α-hetero) is 1. The van der Waals surface area contributed by atoms with Gasteiger partial charge >= 0.3 is 0 Å². The summed E-state index contributed by atoms with van der Waals surface area (Å²) in [6.07, 6.45) is 2.80. The molecule has 1 rings (SSSR count). The summed E-state index contributed by atoms with van der Waals surface area (Å²) in [5.74, 6) is 0.0925. The van der Waals surface area contributed by atoms with E-state index in [-0.39, 0.29) is 5.78 Å². The number of ketones is 1. The summed E-state index contributed by atoms with van der Waals surface area (Å²) >= 11 is 0. The normalized spacial score (nSPS) is 18.6. The highest BCUT2D eigenvalue weighted by molar-refractivity contribution is 5.92. The van der Waals surface area contributed by atoms with Gasteiger partial charge in [0.05, 0.1) is 18.9 Å². The quantitative estimate of drug-likeness (QED) is 0.642. The van der Waals surface area contributed by atoms with Crippen LogP contribution in [-0.4, -0.2) is 30.4 Å². The first-order valence-corrected chi connectivity index (χ1v) is 4.91. The Morgan fingerprint density at radius 1 is 1.71 bits per heavy atom. The van der Waals surface area contributed by atoms with Crippen molar-refractivity contribution in [1.82, 2.24) is 4.90 Å². The predicted octanol–water partition coefficient (Wildman–Crippen LogP) is 1.72. The van der Waals surface area contributed by atoms with Crippen molar-refractivity contribution in [2.75, 3.05) is 19.8 Å². The number of carbonyl (C=O) groups excluding carboxylic acids is 1. The Morgan fingerprint density at radius 2 is 2.43 bits per heavy atom. The van der Waals surface area contributed by atoms with E-state index in [9.17, 15) is 4.79 Å². The first kappa shape index (κ1) is 11.0. The van der Waals surface area contributed by atoms with Gasteiger partial charge in [-0.15, -0.1) is 0 Å². The fourth-order valence-electron chi connectivity index (χ4n) is 1.51. The number of hydrogen-bond donors (Lipinski definition) is 0. The molecule has 0 aromatic carbocycles. The second-order valence-electron chi connectivity index (χ2n) is 3.32. The molecule has 0 amide bonds. The lowest BCUT2D eigenvalue weighted by Crippen LogP contribution is -2.35. The molecule has 78 valence electrons. The zero-order chi connectivity index (χ0) is 10.6. The number of nitrogens with zero attached hydrogens (tertiary/aromatic N) is 1. The van der Waals surface area contributed by atoms with Crippen molar-refractivity contribution in [2.24, 2.45) is 0 Å². The second kappa shape index (κ2) is 4.96. The van der Waals surface area contributed by atoms with Gasteiger partial charge in [0.15, 0.2) is 5.78 Å². The highest BCUT2D eigenvalue weighted by atomic mass is 16.5. The number of ether oxygens (including phenoxy) is 1. The van der Waals surface area contributed by atoms with Crippen molar-refractivity contribution in [3.63, 3.8) is 0 Å². The predicted molar refractivity (Wildman–Crippen MR) is 55.7 cm³/mol. The monoisotopic (exact) mass is 195 g/mol. The lowest BCUT2D eigenvalue weighted by Gasteiger charge is -2.31. The van der Waals surface area contributed by atoms with Gasteiger partial charge in [-0.05, 0) is 6.42 Å². The Labute approximate surface area is 85.0 Å². The lowest BCUT2D eigenvalue weighted by molar-refractivity contribution is -0.115. The maximum atomic E-state index is 11.4. The van der Waals surface area contributed by atoms with Crippen LogP contribution in [-0.2, 0) is 9.53 Å². The summed E-state index contributed by atoms with van der Waals surface area (Å²) in [5.41, 5.74) is 1.62. The lowest BCUT2D eigenvalue weighted by atomic mass is 10.2. The molecule has 0 atom stereocenters. The van der Waals surface area contributed by atoms with Crippen molar-refractivity contribution >= 4 is 5.78 Å². The van der Waals surface area contributed by atoms with E-state index >= 15 is 0 Å². The van der Waals surface area contributed by atoms with E-state index in [0.717, 1.165) is 24.4 Å². The first-order valence-electron chi connectivity index (χ1n) is 4.91. The van der Waals surface area contributed by atoms with Crippen molar-refractivity contribution in [2.45, 2.75) is 20.3 Å². The minimum atomic E-state index is 0.0925. The highest BCUT2D eigenvalue weighted by Gasteiger charge is 2.19. The molecule has 0 N–H and O–H groups in total. The first-order chi connectivity index (χ1) is 6.66. The number of allylic oxidation sites excluding steroid dienone is 2. The molecule has 14 heavy (non-hydrogen) atoms. The van der Waals surface area contributed by atoms with Gasteiger partial charge in [-0.25, -0.2) is 0 Å². The van der Waals surface area contributed by atoms with Gasteiger partial charge in [0.2, 0.25) is 0 Å². The van der Waals surface area contributed by atoms with Crippen LogP contribution in [0.1, 0.15) is 20.3 Å². The summed E-state index contributed by atoms with van der Waals surface area (Å²) in [5, 5.41) is 0. The molecular weight excluding hydrogens is 178 g/mol. The molecule has 1 fully saturated rings. The van der Waals surface area contributed by atoms with Crippen LogP contribution in [0.2, 0.25) is 0 Å². The topological polar surface area (TPSA) is 29.5 Å². The number of hydrogen-bond acceptors (Lipinski definition) is 3. The van der Waals surface area contributed by atoms with Gasteiger partial charge in [-0.3, -0.25) is 4.79 Å². The Bertz CT molecular complexity index is 268. The standard InChI is InChI=1S/C11H17NO2/c1-4-5-11(10(3)13)12-6-7-14-8-9(12)2/h5H,2,4,6-8H2,1,3H3/b11-5-.